The van der Waals surface area contributed by atoms with Crippen molar-refractivity contribution in [2.45, 2.75) is 6.92 Å². The van der Waals surface area contributed by atoms with Gasteiger partial charge in [0.15, 0.2) is 0 Å². The molecule has 0 atom stereocenters. The summed E-state index contributed by atoms with van der Waals surface area (Å²) in [6.07, 6.45) is 0. The molecule has 5 nitrogen and oxygen atoms in total. The second-order valence-electron chi connectivity index (χ2n) is 4.23. The largest absolute Gasteiger partial charge is 0.397 e. The van der Waals surface area contributed by atoms with Crippen LogP contribution in [-0.4, -0.2) is 4.92 Å². The zero-order valence-corrected chi connectivity index (χ0v) is 12.1. The van der Waals surface area contributed by atoms with Crippen LogP contribution in [0.5, 0.6) is 0 Å². The molecule has 0 aliphatic carbocycles. The molecule has 0 bridgehead atoms. The van der Waals surface area contributed by atoms with Gasteiger partial charge in [-0.05, 0) is 46.6 Å². The van der Waals surface area contributed by atoms with Gasteiger partial charge >= 0.3 is 0 Å². The van der Waals surface area contributed by atoms with Crippen molar-refractivity contribution in [1.82, 2.24) is 0 Å². The van der Waals surface area contributed by atoms with Gasteiger partial charge in [-0.15, -0.1) is 0 Å². The molecule has 0 radical (unpaired) electrons. The van der Waals surface area contributed by atoms with Gasteiger partial charge in [0.2, 0.25) is 0 Å². The van der Waals surface area contributed by atoms with E-state index >= 15 is 0 Å². The number of anilines is 3. The van der Waals surface area contributed by atoms with Crippen molar-refractivity contribution in [2.75, 3.05) is 11.1 Å². The normalized spacial score (nSPS) is 10.3. The van der Waals surface area contributed by atoms with E-state index in [1.165, 1.54) is 24.3 Å². The summed E-state index contributed by atoms with van der Waals surface area (Å²) in [5.74, 6) is -0.404. The van der Waals surface area contributed by atoms with E-state index in [9.17, 15) is 14.5 Å². The average Bonchev–Trinajstić information content (AvgIpc) is 2.37. The minimum Gasteiger partial charge on any atom is -0.397 e. The lowest BCUT2D eigenvalue weighted by molar-refractivity contribution is -0.384. The minimum atomic E-state index is -0.523. The Morgan fingerprint density at radius 3 is 2.60 bits per heavy atom. The third-order valence-corrected chi connectivity index (χ3v) is 3.39. The molecular weight excluding hydrogens is 329 g/mol. The number of aryl methyl sites for hydroxylation is 1. The topological polar surface area (TPSA) is 81.2 Å². The van der Waals surface area contributed by atoms with E-state index in [1.54, 1.807) is 6.07 Å². The minimum absolute atomic E-state index is 0.0910. The van der Waals surface area contributed by atoms with Crippen LogP contribution in [0, 0.1) is 22.9 Å². The van der Waals surface area contributed by atoms with Gasteiger partial charge in [0, 0.05) is 17.8 Å². The van der Waals surface area contributed by atoms with Gasteiger partial charge in [0.05, 0.1) is 20.8 Å². The van der Waals surface area contributed by atoms with E-state index in [0.717, 1.165) is 5.56 Å². The van der Waals surface area contributed by atoms with E-state index in [2.05, 4.69) is 21.2 Å². The molecule has 20 heavy (non-hydrogen) atoms. The number of nitro groups is 1. The molecular formula is C13H11BrFN3O2. The Bertz CT molecular complexity index is 692. The Kier molecular flexibility index (Phi) is 3.89. The highest BCUT2D eigenvalue weighted by Gasteiger charge is 2.11. The maximum atomic E-state index is 13.5. The second-order valence-corrected chi connectivity index (χ2v) is 5.09. The number of nitrogens with two attached hydrogens (primary N) is 1. The highest BCUT2D eigenvalue weighted by atomic mass is 79.9. The standard InChI is InChI=1S/C13H11BrFN3O2/c1-7-4-9(14)10(15)6-13(7)17-12-3-2-8(18(19)20)5-11(12)16/h2-6,17H,16H2,1H3. The van der Waals surface area contributed by atoms with Crippen LogP contribution in [0.4, 0.5) is 27.1 Å². The predicted molar refractivity (Wildman–Crippen MR) is 79.6 cm³/mol. The van der Waals surface area contributed by atoms with Crippen LogP contribution in [-0.2, 0) is 0 Å². The van der Waals surface area contributed by atoms with Crippen LogP contribution in [0.3, 0.4) is 0 Å². The molecule has 0 saturated heterocycles. The van der Waals surface area contributed by atoms with Gasteiger partial charge in [-0.2, -0.15) is 0 Å². The Balaban J connectivity index is 2.35. The number of hydrogen-bond acceptors (Lipinski definition) is 4. The van der Waals surface area contributed by atoms with Gasteiger partial charge in [-0.3, -0.25) is 10.1 Å². The van der Waals surface area contributed by atoms with E-state index < -0.39 is 10.7 Å². The molecule has 104 valence electrons. The number of nitrogens with one attached hydrogen (secondary N) is 1. The van der Waals surface area contributed by atoms with Crippen LogP contribution >= 0.6 is 15.9 Å². The first-order valence-electron chi connectivity index (χ1n) is 5.65. The molecule has 2 aromatic rings. The fraction of sp³-hybridized carbons (Fsp3) is 0.0769. The van der Waals surface area contributed by atoms with Crippen molar-refractivity contribution in [3.05, 3.63) is 56.3 Å². The number of hydrogen-bond donors (Lipinski definition) is 2. The molecule has 0 aliphatic rings. The average molecular weight is 340 g/mol. The van der Waals surface area contributed by atoms with E-state index in [4.69, 9.17) is 5.73 Å². The molecule has 0 aliphatic heterocycles. The van der Waals surface area contributed by atoms with Gasteiger partial charge in [-0.1, -0.05) is 0 Å². The Morgan fingerprint density at radius 1 is 1.30 bits per heavy atom. The maximum absolute atomic E-state index is 13.5. The summed E-state index contributed by atoms with van der Waals surface area (Å²) in [6.45, 7) is 1.81. The third-order valence-electron chi connectivity index (χ3n) is 2.78. The Hall–Kier alpha value is -2.15. The SMILES string of the molecule is Cc1cc(Br)c(F)cc1Nc1ccc([N+](=O)[O-])cc1N. The van der Waals surface area contributed by atoms with Gasteiger partial charge in [0.1, 0.15) is 5.82 Å². The zero-order chi connectivity index (χ0) is 14.9. The maximum Gasteiger partial charge on any atom is 0.271 e. The lowest BCUT2D eigenvalue weighted by Gasteiger charge is -2.12. The molecule has 0 unspecified atom stereocenters. The molecule has 0 heterocycles. The summed E-state index contributed by atoms with van der Waals surface area (Å²) >= 11 is 3.10. The number of nitrogens with zero attached hydrogens (tertiary/aromatic N) is 1. The van der Waals surface area contributed by atoms with Crippen molar-refractivity contribution in [3.63, 3.8) is 0 Å². The first-order valence-corrected chi connectivity index (χ1v) is 6.44. The fourth-order valence-corrected chi connectivity index (χ4v) is 2.16. The van der Waals surface area contributed by atoms with E-state index in [0.29, 0.717) is 15.8 Å². The lowest BCUT2D eigenvalue weighted by atomic mass is 10.1. The Morgan fingerprint density at radius 2 is 2.00 bits per heavy atom. The highest BCUT2D eigenvalue weighted by Crippen LogP contribution is 2.30. The quantitative estimate of drug-likeness (QED) is 0.500. The summed E-state index contributed by atoms with van der Waals surface area (Å²) < 4.78 is 13.9. The van der Waals surface area contributed by atoms with Gasteiger partial charge in [0.25, 0.3) is 5.69 Å². The van der Waals surface area contributed by atoms with Crippen molar-refractivity contribution in [1.29, 1.82) is 0 Å². The van der Waals surface area contributed by atoms with Crippen LogP contribution < -0.4 is 11.1 Å². The number of non-ortho nitro benzene ring substituents is 1. The molecule has 0 fully saturated rings. The highest BCUT2D eigenvalue weighted by molar-refractivity contribution is 9.10. The zero-order valence-electron chi connectivity index (χ0n) is 10.5. The first-order chi connectivity index (χ1) is 9.38. The summed E-state index contributed by atoms with van der Waals surface area (Å²) in [5, 5.41) is 13.6. The Labute approximate surface area is 122 Å². The van der Waals surface area contributed by atoms with Crippen molar-refractivity contribution in [2.24, 2.45) is 0 Å². The molecule has 3 N–H and O–H groups in total. The predicted octanol–water partition coefficient (Wildman–Crippen LogP) is 4.13. The van der Waals surface area contributed by atoms with Crippen molar-refractivity contribution < 1.29 is 9.31 Å². The summed E-state index contributed by atoms with van der Waals surface area (Å²) in [4.78, 5) is 10.1. The summed E-state index contributed by atoms with van der Waals surface area (Å²) in [6, 6.07) is 7.06. The molecule has 0 amide bonds. The van der Waals surface area contributed by atoms with E-state index in [-0.39, 0.29) is 11.4 Å². The summed E-state index contributed by atoms with van der Waals surface area (Å²) in [7, 11) is 0. The third kappa shape index (κ3) is 2.88. The number of nitrogen functional groups attached to an aromatic ring is 1. The molecule has 0 aromatic heterocycles. The van der Waals surface area contributed by atoms with Crippen LogP contribution in [0.1, 0.15) is 5.56 Å². The molecule has 2 aromatic carbocycles. The van der Waals surface area contributed by atoms with Crippen LogP contribution in [0.15, 0.2) is 34.8 Å². The monoisotopic (exact) mass is 339 g/mol. The molecule has 7 heteroatoms. The smallest absolute Gasteiger partial charge is 0.271 e. The van der Waals surface area contributed by atoms with Crippen LogP contribution in [0.2, 0.25) is 0 Å². The lowest BCUT2D eigenvalue weighted by Crippen LogP contribution is -2.00. The second kappa shape index (κ2) is 5.46. The molecule has 0 saturated carbocycles. The van der Waals surface area contributed by atoms with Gasteiger partial charge < -0.3 is 11.1 Å². The van der Waals surface area contributed by atoms with Gasteiger partial charge in [-0.25, -0.2) is 4.39 Å². The number of rotatable bonds is 3. The van der Waals surface area contributed by atoms with Crippen molar-refractivity contribution >= 4 is 38.7 Å². The molecule has 0 spiro atoms. The number of halogens is 2. The molecule has 2 rings (SSSR count). The fourth-order valence-electron chi connectivity index (χ4n) is 1.70. The van der Waals surface area contributed by atoms with Crippen molar-refractivity contribution in [3.8, 4) is 0 Å². The first kappa shape index (κ1) is 14.3. The van der Waals surface area contributed by atoms with E-state index in [1.807, 2.05) is 6.92 Å². The van der Waals surface area contributed by atoms with Crippen LogP contribution in [0.25, 0.3) is 0 Å². The number of benzene rings is 2. The summed E-state index contributed by atoms with van der Waals surface area (Å²) in [5.41, 5.74) is 7.74. The number of nitro benzene ring substituents is 1.